The van der Waals surface area contributed by atoms with Crippen molar-refractivity contribution in [3.05, 3.63) is 30.3 Å². The third-order valence-electron chi connectivity index (χ3n) is 3.26. The maximum atomic E-state index is 3.58. The Hall–Kier alpha value is -1.02. The predicted molar refractivity (Wildman–Crippen MR) is 65.1 cm³/mol. The first-order valence-corrected chi connectivity index (χ1v) is 5.88. The van der Waals surface area contributed by atoms with Gasteiger partial charge in [0.15, 0.2) is 0 Å². The average Bonchev–Trinajstić information content (AvgIpc) is 2.31. The summed E-state index contributed by atoms with van der Waals surface area (Å²) in [5, 5.41) is 6.99. The average molecular weight is 204 g/mol. The summed E-state index contributed by atoms with van der Waals surface area (Å²) in [5.74, 6) is 0.812. The van der Waals surface area contributed by atoms with Crippen LogP contribution in [-0.4, -0.2) is 19.1 Å². The maximum Gasteiger partial charge on any atom is 0.0342 e. The molecule has 1 fully saturated rings. The number of para-hydroxylation sites is 1. The van der Waals surface area contributed by atoms with Gasteiger partial charge in [-0.1, -0.05) is 18.2 Å². The van der Waals surface area contributed by atoms with Crippen molar-refractivity contribution in [3.63, 3.8) is 0 Å². The molecule has 2 heteroatoms. The van der Waals surface area contributed by atoms with Crippen molar-refractivity contribution in [1.82, 2.24) is 5.32 Å². The Morgan fingerprint density at radius 1 is 1.20 bits per heavy atom. The van der Waals surface area contributed by atoms with Crippen LogP contribution >= 0.6 is 0 Å². The second-order valence-corrected chi connectivity index (χ2v) is 4.39. The van der Waals surface area contributed by atoms with Crippen molar-refractivity contribution in [2.75, 3.05) is 18.4 Å². The van der Waals surface area contributed by atoms with Gasteiger partial charge in [-0.25, -0.2) is 0 Å². The Morgan fingerprint density at radius 3 is 2.53 bits per heavy atom. The van der Waals surface area contributed by atoms with Crippen molar-refractivity contribution < 1.29 is 0 Å². The molecule has 1 aliphatic heterocycles. The van der Waals surface area contributed by atoms with Gasteiger partial charge in [0.25, 0.3) is 0 Å². The summed E-state index contributed by atoms with van der Waals surface area (Å²) in [6.45, 7) is 4.64. The van der Waals surface area contributed by atoms with Crippen molar-refractivity contribution in [1.29, 1.82) is 0 Å². The Bertz CT molecular complexity index is 278. The highest BCUT2D eigenvalue weighted by Gasteiger charge is 2.19. The molecule has 1 aromatic carbocycles. The molecule has 0 spiro atoms. The molecule has 82 valence electrons. The normalized spacial score (nSPS) is 19.8. The summed E-state index contributed by atoms with van der Waals surface area (Å²) in [6, 6.07) is 11.1. The predicted octanol–water partition coefficient (Wildman–Crippen LogP) is 2.49. The van der Waals surface area contributed by atoms with E-state index in [0.29, 0.717) is 6.04 Å². The zero-order valence-electron chi connectivity index (χ0n) is 9.37. The summed E-state index contributed by atoms with van der Waals surface area (Å²) in [5.41, 5.74) is 1.24. The van der Waals surface area contributed by atoms with Crippen LogP contribution in [0.1, 0.15) is 19.8 Å². The molecular weight excluding hydrogens is 184 g/mol. The summed E-state index contributed by atoms with van der Waals surface area (Å²) in [7, 11) is 0. The topological polar surface area (TPSA) is 24.1 Å². The van der Waals surface area contributed by atoms with Crippen LogP contribution in [0, 0.1) is 5.92 Å². The molecule has 1 saturated heterocycles. The van der Waals surface area contributed by atoms with Crippen LogP contribution in [0.15, 0.2) is 30.3 Å². The molecule has 0 aliphatic carbocycles. The molecule has 1 unspecified atom stereocenters. The van der Waals surface area contributed by atoms with Gasteiger partial charge in [0, 0.05) is 11.7 Å². The Balaban J connectivity index is 1.88. The van der Waals surface area contributed by atoms with Crippen LogP contribution < -0.4 is 10.6 Å². The lowest BCUT2D eigenvalue weighted by atomic mass is 9.91. The first-order chi connectivity index (χ1) is 7.36. The monoisotopic (exact) mass is 204 g/mol. The highest BCUT2D eigenvalue weighted by molar-refractivity contribution is 5.43. The zero-order chi connectivity index (χ0) is 10.5. The third kappa shape index (κ3) is 2.96. The fourth-order valence-corrected chi connectivity index (χ4v) is 2.26. The largest absolute Gasteiger partial charge is 0.382 e. The van der Waals surface area contributed by atoms with Gasteiger partial charge in [-0.05, 0) is 50.9 Å². The number of hydrogen-bond donors (Lipinski definition) is 2. The quantitative estimate of drug-likeness (QED) is 0.790. The van der Waals surface area contributed by atoms with Crippen molar-refractivity contribution >= 4 is 5.69 Å². The Kier molecular flexibility index (Phi) is 3.62. The van der Waals surface area contributed by atoms with E-state index in [1.54, 1.807) is 0 Å². The van der Waals surface area contributed by atoms with Gasteiger partial charge in [-0.3, -0.25) is 0 Å². The van der Waals surface area contributed by atoms with Crippen LogP contribution in [-0.2, 0) is 0 Å². The van der Waals surface area contributed by atoms with E-state index in [1.807, 2.05) is 0 Å². The number of rotatable bonds is 3. The molecule has 0 saturated carbocycles. The molecule has 0 amide bonds. The van der Waals surface area contributed by atoms with Gasteiger partial charge in [-0.2, -0.15) is 0 Å². The molecule has 2 rings (SSSR count). The van der Waals surface area contributed by atoms with Crippen LogP contribution in [0.5, 0.6) is 0 Å². The number of piperidine rings is 1. The minimum Gasteiger partial charge on any atom is -0.382 e. The lowest BCUT2D eigenvalue weighted by Gasteiger charge is -2.29. The molecule has 1 heterocycles. The summed E-state index contributed by atoms with van der Waals surface area (Å²) >= 11 is 0. The van der Waals surface area contributed by atoms with E-state index in [9.17, 15) is 0 Å². The van der Waals surface area contributed by atoms with Gasteiger partial charge in [0.1, 0.15) is 0 Å². The van der Waals surface area contributed by atoms with E-state index in [2.05, 4.69) is 47.9 Å². The molecule has 2 nitrogen and oxygen atoms in total. The number of nitrogens with one attached hydrogen (secondary N) is 2. The van der Waals surface area contributed by atoms with Crippen molar-refractivity contribution in [2.24, 2.45) is 5.92 Å². The zero-order valence-corrected chi connectivity index (χ0v) is 9.37. The fourth-order valence-electron chi connectivity index (χ4n) is 2.26. The molecule has 1 atom stereocenters. The second kappa shape index (κ2) is 5.17. The maximum absolute atomic E-state index is 3.58. The lowest BCUT2D eigenvalue weighted by molar-refractivity contribution is 0.343. The number of hydrogen-bond acceptors (Lipinski definition) is 2. The molecule has 1 aromatic rings. The van der Waals surface area contributed by atoms with Gasteiger partial charge in [0.2, 0.25) is 0 Å². The van der Waals surface area contributed by atoms with E-state index in [1.165, 1.54) is 31.6 Å². The van der Waals surface area contributed by atoms with Crippen LogP contribution in [0.25, 0.3) is 0 Å². The Morgan fingerprint density at radius 2 is 1.87 bits per heavy atom. The standard InChI is InChI=1S/C13H20N2/c1-11(12-7-9-14-10-8-12)15-13-5-3-2-4-6-13/h2-6,11-12,14-15H,7-10H2,1H3. The fraction of sp³-hybridized carbons (Fsp3) is 0.538. The second-order valence-electron chi connectivity index (χ2n) is 4.39. The SMILES string of the molecule is CC(Nc1ccccc1)C1CCNCC1. The van der Waals surface area contributed by atoms with E-state index >= 15 is 0 Å². The summed E-state index contributed by atoms with van der Waals surface area (Å²) in [6.07, 6.45) is 2.59. The molecule has 0 aromatic heterocycles. The van der Waals surface area contributed by atoms with Gasteiger partial charge in [0.05, 0.1) is 0 Å². The lowest BCUT2D eigenvalue weighted by Crippen LogP contribution is -2.36. The smallest absolute Gasteiger partial charge is 0.0342 e. The van der Waals surface area contributed by atoms with E-state index in [0.717, 1.165) is 5.92 Å². The minimum atomic E-state index is 0.578. The minimum absolute atomic E-state index is 0.578. The molecule has 2 N–H and O–H groups in total. The molecule has 0 bridgehead atoms. The van der Waals surface area contributed by atoms with Gasteiger partial charge in [-0.15, -0.1) is 0 Å². The number of anilines is 1. The molecule has 1 aliphatic rings. The summed E-state index contributed by atoms with van der Waals surface area (Å²) < 4.78 is 0. The van der Waals surface area contributed by atoms with Crippen molar-refractivity contribution in [3.8, 4) is 0 Å². The van der Waals surface area contributed by atoms with Crippen LogP contribution in [0.2, 0.25) is 0 Å². The summed E-state index contributed by atoms with van der Waals surface area (Å²) in [4.78, 5) is 0. The molecule has 0 radical (unpaired) electrons. The van der Waals surface area contributed by atoms with Crippen LogP contribution in [0.3, 0.4) is 0 Å². The van der Waals surface area contributed by atoms with E-state index < -0.39 is 0 Å². The molecule has 15 heavy (non-hydrogen) atoms. The van der Waals surface area contributed by atoms with Gasteiger partial charge >= 0.3 is 0 Å². The highest BCUT2D eigenvalue weighted by Crippen LogP contribution is 2.19. The van der Waals surface area contributed by atoms with Crippen LogP contribution in [0.4, 0.5) is 5.69 Å². The molecular formula is C13H20N2. The first kappa shape index (κ1) is 10.5. The first-order valence-electron chi connectivity index (χ1n) is 5.88. The van der Waals surface area contributed by atoms with Crippen molar-refractivity contribution in [2.45, 2.75) is 25.8 Å². The van der Waals surface area contributed by atoms with E-state index in [-0.39, 0.29) is 0 Å². The third-order valence-corrected chi connectivity index (χ3v) is 3.26. The highest BCUT2D eigenvalue weighted by atomic mass is 14.9. The number of benzene rings is 1. The van der Waals surface area contributed by atoms with E-state index in [4.69, 9.17) is 0 Å². The Labute approximate surface area is 92.1 Å². The van der Waals surface area contributed by atoms with Gasteiger partial charge < -0.3 is 10.6 Å².